The van der Waals surface area contributed by atoms with Crippen LogP contribution in [0.5, 0.6) is 0 Å². The molecule has 0 aromatic heterocycles. The van der Waals surface area contributed by atoms with Gasteiger partial charge in [0.2, 0.25) is 0 Å². The molecule has 0 aliphatic carbocycles. The maximum Gasteiger partial charge on any atom is 0.410 e. The number of rotatable bonds is 4. The van der Waals surface area contributed by atoms with E-state index in [1.165, 1.54) is 6.08 Å². The average molecular weight is 303 g/mol. The van der Waals surface area contributed by atoms with Crippen LogP contribution in [-0.2, 0) is 14.9 Å². The van der Waals surface area contributed by atoms with Crippen LogP contribution < -0.4 is 0 Å². The minimum Gasteiger partial charge on any atom is -0.481 e. The van der Waals surface area contributed by atoms with Gasteiger partial charge in [-0.25, -0.2) is 4.79 Å². The van der Waals surface area contributed by atoms with Crippen molar-refractivity contribution in [3.05, 3.63) is 48.0 Å². The van der Waals surface area contributed by atoms with E-state index in [2.05, 4.69) is 6.58 Å². The first kappa shape index (κ1) is 16.1. The predicted molar refractivity (Wildman–Crippen MR) is 82.8 cm³/mol. The van der Waals surface area contributed by atoms with Gasteiger partial charge < -0.3 is 14.7 Å². The van der Waals surface area contributed by atoms with Crippen LogP contribution in [0.4, 0.5) is 4.79 Å². The molecular formula is C17H21NO4. The molecule has 1 saturated heterocycles. The summed E-state index contributed by atoms with van der Waals surface area (Å²) in [5.41, 5.74) is 0.909. The van der Waals surface area contributed by atoms with Crippen LogP contribution >= 0.6 is 0 Å². The van der Waals surface area contributed by atoms with Gasteiger partial charge in [0.05, 0.1) is 5.41 Å². The monoisotopic (exact) mass is 303 g/mol. The lowest BCUT2D eigenvalue weighted by Crippen LogP contribution is -2.49. The summed E-state index contributed by atoms with van der Waals surface area (Å²) in [7, 11) is 0. The van der Waals surface area contributed by atoms with Crippen molar-refractivity contribution in [1.82, 2.24) is 4.90 Å². The number of piperidine rings is 1. The van der Waals surface area contributed by atoms with Gasteiger partial charge in [0.25, 0.3) is 0 Å². The van der Waals surface area contributed by atoms with E-state index < -0.39 is 17.5 Å². The third-order valence-electron chi connectivity index (χ3n) is 4.18. The number of aryl methyl sites for hydroxylation is 1. The van der Waals surface area contributed by atoms with Gasteiger partial charge in [-0.2, -0.15) is 0 Å². The number of carbonyl (C=O) groups excluding carboxylic acids is 1. The van der Waals surface area contributed by atoms with Gasteiger partial charge in [-0.1, -0.05) is 42.5 Å². The Hall–Kier alpha value is -2.30. The molecule has 0 radical (unpaired) electrons. The molecule has 0 saturated carbocycles. The van der Waals surface area contributed by atoms with Gasteiger partial charge in [-0.3, -0.25) is 4.79 Å². The summed E-state index contributed by atoms with van der Waals surface area (Å²) in [6, 6.07) is 7.59. The number of hydrogen-bond acceptors (Lipinski definition) is 3. The molecule has 1 aliphatic heterocycles. The third-order valence-corrected chi connectivity index (χ3v) is 4.18. The number of carboxylic acids is 1. The van der Waals surface area contributed by atoms with E-state index in [-0.39, 0.29) is 6.61 Å². The van der Waals surface area contributed by atoms with Crippen LogP contribution in [-0.4, -0.2) is 41.8 Å². The molecule has 22 heavy (non-hydrogen) atoms. The highest BCUT2D eigenvalue weighted by Gasteiger charge is 2.44. The van der Waals surface area contributed by atoms with Gasteiger partial charge in [0.1, 0.15) is 6.61 Å². The highest BCUT2D eigenvalue weighted by Crippen LogP contribution is 2.36. The summed E-state index contributed by atoms with van der Waals surface area (Å²) in [6.07, 6.45) is 1.86. The summed E-state index contributed by atoms with van der Waals surface area (Å²) < 4.78 is 5.01. The molecule has 1 aliphatic rings. The fraction of sp³-hybridized carbons (Fsp3) is 0.412. The standard InChI is InChI=1S/C17H21NO4/c1-3-11-22-16(21)18-9-7-17(8-10-18,15(19)20)14-6-4-5-13(2)12-14/h3-6,12H,1,7-11H2,2H3,(H,19,20). The van der Waals surface area contributed by atoms with Gasteiger partial charge in [-0.15, -0.1) is 0 Å². The molecule has 0 atom stereocenters. The number of aliphatic carboxylic acids is 1. The molecule has 5 nitrogen and oxygen atoms in total. The lowest BCUT2D eigenvalue weighted by molar-refractivity contribution is -0.145. The van der Waals surface area contributed by atoms with Crippen LogP contribution in [0.3, 0.4) is 0 Å². The molecule has 1 heterocycles. The Labute approximate surface area is 130 Å². The molecule has 1 N–H and O–H groups in total. The SMILES string of the molecule is C=CCOC(=O)N1CCC(C(=O)O)(c2cccc(C)c2)CC1. The van der Waals surface area contributed by atoms with Crippen molar-refractivity contribution in [1.29, 1.82) is 0 Å². The Morgan fingerprint density at radius 2 is 2.09 bits per heavy atom. The topological polar surface area (TPSA) is 66.8 Å². The molecule has 0 spiro atoms. The number of nitrogens with zero attached hydrogens (tertiary/aromatic N) is 1. The summed E-state index contributed by atoms with van der Waals surface area (Å²) in [4.78, 5) is 25.3. The van der Waals surface area contributed by atoms with Crippen molar-refractivity contribution in [2.24, 2.45) is 0 Å². The maximum atomic E-state index is 11.9. The van der Waals surface area contributed by atoms with E-state index in [0.29, 0.717) is 25.9 Å². The molecular weight excluding hydrogens is 282 g/mol. The van der Waals surface area contributed by atoms with Crippen molar-refractivity contribution < 1.29 is 19.4 Å². The minimum absolute atomic E-state index is 0.164. The second-order valence-corrected chi connectivity index (χ2v) is 5.61. The molecule has 2 rings (SSSR count). The van der Waals surface area contributed by atoms with Crippen LogP contribution in [0.1, 0.15) is 24.0 Å². The number of carboxylic acid groups (broad SMARTS) is 1. The zero-order chi connectivity index (χ0) is 16.2. The van der Waals surface area contributed by atoms with Crippen molar-refractivity contribution in [2.45, 2.75) is 25.2 Å². The van der Waals surface area contributed by atoms with Crippen molar-refractivity contribution in [2.75, 3.05) is 19.7 Å². The Morgan fingerprint density at radius 1 is 1.41 bits per heavy atom. The molecule has 1 fully saturated rings. The lowest BCUT2D eigenvalue weighted by Gasteiger charge is -2.38. The zero-order valence-electron chi connectivity index (χ0n) is 12.7. The largest absolute Gasteiger partial charge is 0.481 e. The van der Waals surface area contributed by atoms with E-state index in [9.17, 15) is 14.7 Å². The average Bonchev–Trinajstić information content (AvgIpc) is 2.52. The number of benzene rings is 1. The van der Waals surface area contributed by atoms with Crippen LogP contribution in [0.15, 0.2) is 36.9 Å². The predicted octanol–water partition coefficient (Wildman–Crippen LogP) is 2.74. The van der Waals surface area contributed by atoms with Crippen LogP contribution in [0, 0.1) is 6.92 Å². The van der Waals surface area contributed by atoms with Gasteiger partial charge >= 0.3 is 12.1 Å². The van der Waals surface area contributed by atoms with Crippen LogP contribution in [0.2, 0.25) is 0 Å². The van der Waals surface area contributed by atoms with E-state index >= 15 is 0 Å². The molecule has 1 aromatic rings. The number of hydrogen-bond donors (Lipinski definition) is 1. The van der Waals surface area contributed by atoms with E-state index in [0.717, 1.165) is 11.1 Å². The van der Waals surface area contributed by atoms with E-state index in [4.69, 9.17) is 4.74 Å². The second kappa shape index (κ2) is 6.64. The summed E-state index contributed by atoms with van der Waals surface area (Å²) in [5.74, 6) is -0.836. The highest BCUT2D eigenvalue weighted by molar-refractivity contribution is 5.82. The second-order valence-electron chi connectivity index (χ2n) is 5.61. The molecule has 1 amide bonds. The Bertz CT molecular complexity index is 574. The van der Waals surface area contributed by atoms with Gasteiger partial charge in [-0.05, 0) is 25.3 Å². The summed E-state index contributed by atoms with van der Waals surface area (Å²) in [6.45, 7) is 6.35. The first-order valence-electron chi connectivity index (χ1n) is 7.33. The zero-order valence-corrected chi connectivity index (χ0v) is 12.7. The van der Waals surface area contributed by atoms with Gasteiger partial charge in [0, 0.05) is 13.1 Å². The number of likely N-dealkylation sites (tertiary alicyclic amines) is 1. The Balaban J connectivity index is 2.15. The number of carbonyl (C=O) groups is 2. The fourth-order valence-corrected chi connectivity index (χ4v) is 2.86. The fourth-order valence-electron chi connectivity index (χ4n) is 2.86. The smallest absolute Gasteiger partial charge is 0.410 e. The quantitative estimate of drug-likeness (QED) is 0.869. The minimum atomic E-state index is -0.929. The first-order valence-corrected chi connectivity index (χ1v) is 7.33. The summed E-state index contributed by atoms with van der Waals surface area (Å²) >= 11 is 0. The molecule has 0 bridgehead atoms. The van der Waals surface area contributed by atoms with Crippen molar-refractivity contribution >= 4 is 12.1 Å². The van der Waals surface area contributed by atoms with E-state index in [1.54, 1.807) is 4.90 Å². The Kier molecular flexibility index (Phi) is 4.85. The van der Waals surface area contributed by atoms with Crippen molar-refractivity contribution in [3.8, 4) is 0 Å². The van der Waals surface area contributed by atoms with Crippen molar-refractivity contribution in [3.63, 3.8) is 0 Å². The molecule has 0 unspecified atom stereocenters. The number of amides is 1. The van der Waals surface area contributed by atoms with Gasteiger partial charge in [0.15, 0.2) is 0 Å². The molecule has 1 aromatic carbocycles. The highest BCUT2D eigenvalue weighted by atomic mass is 16.6. The molecule has 118 valence electrons. The third kappa shape index (κ3) is 3.13. The van der Waals surface area contributed by atoms with E-state index in [1.807, 2.05) is 31.2 Å². The maximum absolute atomic E-state index is 11.9. The summed E-state index contributed by atoms with van der Waals surface area (Å²) in [5, 5.41) is 9.75. The lowest BCUT2D eigenvalue weighted by atomic mass is 9.72. The van der Waals surface area contributed by atoms with Crippen LogP contribution in [0.25, 0.3) is 0 Å². The normalized spacial score (nSPS) is 16.9. The first-order chi connectivity index (χ1) is 10.5. The Morgan fingerprint density at radius 3 is 2.64 bits per heavy atom. The number of ether oxygens (including phenoxy) is 1. The molecule has 5 heteroatoms.